The summed E-state index contributed by atoms with van der Waals surface area (Å²) in [5, 5.41) is 0. The molecule has 1 amide bonds. The van der Waals surface area contributed by atoms with E-state index >= 15 is 0 Å². The molecule has 0 N–H and O–H groups in total. The number of hydrogen-bond acceptors (Lipinski definition) is 2. The molecule has 1 atom stereocenters. The van der Waals surface area contributed by atoms with Crippen LogP contribution in [0.15, 0.2) is 48.5 Å². The summed E-state index contributed by atoms with van der Waals surface area (Å²) >= 11 is 0. The Kier molecular flexibility index (Phi) is 4.81. The van der Waals surface area contributed by atoms with Gasteiger partial charge in [-0.2, -0.15) is 13.2 Å². The second-order valence-electron chi connectivity index (χ2n) is 6.07. The van der Waals surface area contributed by atoms with E-state index < -0.39 is 17.8 Å². The van der Waals surface area contributed by atoms with Crippen molar-refractivity contribution < 1.29 is 22.7 Å². The van der Waals surface area contributed by atoms with Crippen LogP contribution >= 0.6 is 0 Å². The Bertz CT molecular complexity index is 739. The molecule has 6 heteroatoms. The maximum absolute atomic E-state index is 12.7. The fourth-order valence-corrected chi connectivity index (χ4v) is 2.81. The van der Waals surface area contributed by atoms with Crippen molar-refractivity contribution in [2.45, 2.75) is 25.6 Å². The van der Waals surface area contributed by atoms with Gasteiger partial charge in [0.1, 0.15) is 6.10 Å². The maximum Gasteiger partial charge on any atom is 0.416 e. The molecular weight excluding hydrogens is 331 g/mol. The number of nitrogens with zero attached hydrogens (tertiary/aromatic N) is 1. The lowest BCUT2D eigenvalue weighted by molar-refractivity contribution is -0.137. The van der Waals surface area contributed by atoms with E-state index in [0.29, 0.717) is 5.56 Å². The van der Waals surface area contributed by atoms with Crippen molar-refractivity contribution in [1.82, 2.24) is 0 Å². The summed E-state index contributed by atoms with van der Waals surface area (Å²) in [6.07, 6.45) is -4.59. The number of hydrogen-bond donors (Lipinski definition) is 0. The quantitative estimate of drug-likeness (QED) is 0.798. The number of alkyl halides is 3. The number of anilines is 1. The van der Waals surface area contributed by atoms with E-state index in [9.17, 15) is 18.0 Å². The van der Waals surface area contributed by atoms with Gasteiger partial charge < -0.3 is 9.64 Å². The normalized spacial score (nSPS) is 19.0. The van der Waals surface area contributed by atoms with Crippen LogP contribution in [0.2, 0.25) is 0 Å². The Morgan fingerprint density at radius 2 is 1.68 bits per heavy atom. The third kappa shape index (κ3) is 4.02. The fourth-order valence-electron chi connectivity index (χ4n) is 2.81. The molecule has 3 nitrogen and oxygen atoms in total. The molecule has 132 valence electrons. The van der Waals surface area contributed by atoms with E-state index in [-0.39, 0.29) is 25.5 Å². The molecule has 2 aromatic rings. The van der Waals surface area contributed by atoms with Gasteiger partial charge >= 0.3 is 6.18 Å². The van der Waals surface area contributed by atoms with Crippen LogP contribution in [0.1, 0.15) is 29.2 Å². The van der Waals surface area contributed by atoms with Crippen molar-refractivity contribution in [3.05, 3.63) is 65.2 Å². The predicted octanol–water partition coefficient (Wildman–Crippen LogP) is 4.51. The molecule has 1 heterocycles. The van der Waals surface area contributed by atoms with Crippen LogP contribution in [-0.4, -0.2) is 19.1 Å². The summed E-state index contributed by atoms with van der Waals surface area (Å²) in [6, 6.07) is 12.5. The first-order valence-corrected chi connectivity index (χ1v) is 8.00. The van der Waals surface area contributed by atoms with E-state index in [1.807, 2.05) is 31.2 Å². The summed E-state index contributed by atoms with van der Waals surface area (Å²) < 4.78 is 43.8. The molecule has 0 saturated carbocycles. The third-order valence-electron chi connectivity index (χ3n) is 4.24. The summed E-state index contributed by atoms with van der Waals surface area (Å²) in [6.45, 7) is 2.47. The van der Waals surface area contributed by atoms with Gasteiger partial charge in [0, 0.05) is 5.69 Å². The zero-order valence-corrected chi connectivity index (χ0v) is 13.7. The average Bonchev–Trinajstić information content (AvgIpc) is 2.77. The molecule has 1 unspecified atom stereocenters. The van der Waals surface area contributed by atoms with Gasteiger partial charge in [-0.25, -0.2) is 0 Å². The molecule has 0 bridgehead atoms. The minimum absolute atomic E-state index is 0.0572. The van der Waals surface area contributed by atoms with Crippen LogP contribution in [0, 0.1) is 6.92 Å². The van der Waals surface area contributed by atoms with Crippen LogP contribution in [-0.2, 0) is 15.7 Å². The molecule has 1 fully saturated rings. The molecule has 0 aliphatic carbocycles. The number of amides is 1. The van der Waals surface area contributed by atoms with Gasteiger partial charge in [-0.3, -0.25) is 4.79 Å². The largest absolute Gasteiger partial charge is 0.416 e. The molecule has 1 aliphatic rings. The monoisotopic (exact) mass is 349 g/mol. The standard InChI is InChI=1S/C19H18F3NO2/c1-13-2-8-16(9-3-13)23-12-17(25-11-10-18(23)24)14-4-6-15(7-5-14)19(20,21)22/h2-9,17H,10-12H2,1H3. The van der Waals surface area contributed by atoms with Crippen molar-refractivity contribution in [1.29, 1.82) is 0 Å². The first-order chi connectivity index (χ1) is 11.8. The highest BCUT2D eigenvalue weighted by atomic mass is 19.4. The SMILES string of the molecule is Cc1ccc(N2CC(c3ccc(C(F)(F)F)cc3)OCCC2=O)cc1. The zero-order valence-electron chi connectivity index (χ0n) is 13.7. The van der Waals surface area contributed by atoms with Crippen molar-refractivity contribution >= 4 is 11.6 Å². The molecule has 1 aliphatic heterocycles. The van der Waals surface area contributed by atoms with Gasteiger partial charge in [-0.15, -0.1) is 0 Å². The van der Waals surface area contributed by atoms with E-state index in [2.05, 4.69) is 0 Å². The predicted molar refractivity (Wildman–Crippen MR) is 88.3 cm³/mol. The highest BCUT2D eigenvalue weighted by Crippen LogP contribution is 2.32. The minimum atomic E-state index is -4.37. The molecule has 1 saturated heterocycles. The topological polar surface area (TPSA) is 29.5 Å². The van der Waals surface area contributed by atoms with Crippen LogP contribution in [0.5, 0.6) is 0 Å². The number of ether oxygens (including phenoxy) is 1. The number of carbonyl (C=O) groups is 1. The number of aryl methyl sites for hydroxylation is 1. The molecule has 0 spiro atoms. The van der Waals surface area contributed by atoms with Gasteiger partial charge in [0.15, 0.2) is 0 Å². The summed E-state index contributed by atoms with van der Waals surface area (Å²) in [5.41, 5.74) is 1.77. The van der Waals surface area contributed by atoms with E-state index in [0.717, 1.165) is 23.4 Å². The fraction of sp³-hybridized carbons (Fsp3) is 0.316. The Hall–Kier alpha value is -2.34. The number of benzene rings is 2. The first-order valence-electron chi connectivity index (χ1n) is 8.00. The van der Waals surface area contributed by atoms with Gasteiger partial charge in [0.25, 0.3) is 0 Å². The van der Waals surface area contributed by atoms with E-state index in [1.165, 1.54) is 12.1 Å². The summed E-state index contributed by atoms with van der Waals surface area (Å²) in [5.74, 6) is -0.0572. The van der Waals surface area contributed by atoms with Crippen LogP contribution < -0.4 is 4.90 Å². The van der Waals surface area contributed by atoms with Gasteiger partial charge in [0.2, 0.25) is 5.91 Å². The Balaban J connectivity index is 1.84. The Morgan fingerprint density at radius 3 is 2.28 bits per heavy atom. The molecule has 2 aromatic carbocycles. The lowest BCUT2D eigenvalue weighted by Gasteiger charge is -2.25. The number of halogens is 3. The third-order valence-corrected chi connectivity index (χ3v) is 4.24. The highest BCUT2D eigenvalue weighted by Gasteiger charge is 2.31. The molecular formula is C19H18F3NO2. The van der Waals surface area contributed by atoms with Gasteiger partial charge in [0.05, 0.1) is 25.1 Å². The molecule has 0 aromatic heterocycles. The van der Waals surface area contributed by atoms with E-state index in [1.54, 1.807) is 4.90 Å². The Labute approximate surface area is 144 Å². The van der Waals surface area contributed by atoms with Crippen LogP contribution in [0.4, 0.5) is 18.9 Å². The highest BCUT2D eigenvalue weighted by molar-refractivity contribution is 5.93. The molecule has 0 radical (unpaired) electrons. The van der Waals surface area contributed by atoms with Crippen molar-refractivity contribution in [2.75, 3.05) is 18.1 Å². The summed E-state index contributed by atoms with van der Waals surface area (Å²) in [4.78, 5) is 14.0. The number of carbonyl (C=O) groups excluding carboxylic acids is 1. The number of rotatable bonds is 2. The van der Waals surface area contributed by atoms with Gasteiger partial charge in [-0.05, 0) is 36.8 Å². The lowest BCUT2D eigenvalue weighted by Crippen LogP contribution is -2.32. The smallest absolute Gasteiger partial charge is 0.371 e. The lowest BCUT2D eigenvalue weighted by atomic mass is 10.1. The second kappa shape index (κ2) is 6.88. The average molecular weight is 349 g/mol. The maximum atomic E-state index is 12.7. The van der Waals surface area contributed by atoms with Gasteiger partial charge in [-0.1, -0.05) is 29.8 Å². The van der Waals surface area contributed by atoms with Crippen molar-refractivity contribution in [3.8, 4) is 0 Å². The van der Waals surface area contributed by atoms with Crippen LogP contribution in [0.25, 0.3) is 0 Å². The molecule has 3 rings (SSSR count). The summed E-state index contributed by atoms with van der Waals surface area (Å²) in [7, 11) is 0. The van der Waals surface area contributed by atoms with Crippen LogP contribution in [0.3, 0.4) is 0 Å². The Morgan fingerprint density at radius 1 is 1.04 bits per heavy atom. The minimum Gasteiger partial charge on any atom is -0.371 e. The first kappa shape index (κ1) is 17.5. The zero-order chi connectivity index (χ0) is 18.0. The van der Waals surface area contributed by atoms with Crippen molar-refractivity contribution in [2.24, 2.45) is 0 Å². The second-order valence-corrected chi connectivity index (χ2v) is 6.07. The molecule has 25 heavy (non-hydrogen) atoms. The van der Waals surface area contributed by atoms with E-state index in [4.69, 9.17) is 4.74 Å². The van der Waals surface area contributed by atoms with Crippen molar-refractivity contribution in [3.63, 3.8) is 0 Å².